The van der Waals surface area contributed by atoms with Gasteiger partial charge in [0.05, 0.1) is 0 Å². The van der Waals surface area contributed by atoms with Crippen LogP contribution in [-0.2, 0) is 6.42 Å². The van der Waals surface area contributed by atoms with Crippen molar-refractivity contribution in [1.29, 1.82) is 0 Å². The Bertz CT molecular complexity index is 369. The van der Waals surface area contributed by atoms with E-state index in [9.17, 15) is 13.2 Å². The van der Waals surface area contributed by atoms with Gasteiger partial charge in [-0.1, -0.05) is 20.8 Å². The largest absolute Gasteiger partial charge is 0.405 e. The number of halogens is 3. The first-order valence-electron chi connectivity index (χ1n) is 5.27. The summed E-state index contributed by atoms with van der Waals surface area (Å²) in [4.78, 5) is 7.79. The molecule has 0 unspecified atom stereocenters. The van der Waals surface area contributed by atoms with E-state index in [1.165, 1.54) is 6.33 Å². The van der Waals surface area contributed by atoms with Gasteiger partial charge in [-0.2, -0.15) is 13.2 Å². The van der Waals surface area contributed by atoms with Gasteiger partial charge in [-0.05, 0) is 11.8 Å². The lowest BCUT2D eigenvalue weighted by atomic mass is 9.90. The van der Waals surface area contributed by atoms with E-state index in [1.807, 2.05) is 20.8 Å². The lowest BCUT2D eigenvalue weighted by Gasteiger charge is -2.17. The zero-order valence-electron chi connectivity index (χ0n) is 10.1. The molecule has 6 heteroatoms. The van der Waals surface area contributed by atoms with Gasteiger partial charge in [-0.15, -0.1) is 0 Å². The number of hydrogen-bond donors (Lipinski definition) is 1. The van der Waals surface area contributed by atoms with Crippen molar-refractivity contribution in [3.8, 4) is 0 Å². The van der Waals surface area contributed by atoms with Crippen LogP contribution in [-0.4, -0.2) is 22.7 Å². The second-order valence-electron chi connectivity index (χ2n) is 5.10. The fourth-order valence-corrected chi connectivity index (χ4v) is 1.33. The minimum atomic E-state index is -4.24. The van der Waals surface area contributed by atoms with Gasteiger partial charge in [0, 0.05) is 11.8 Å². The second-order valence-corrected chi connectivity index (χ2v) is 5.10. The van der Waals surface area contributed by atoms with Gasteiger partial charge in [0.1, 0.15) is 18.7 Å². The molecule has 0 atom stereocenters. The van der Waals surface area contributed by atoms with Crippen LogP contribution in [0.15, 0.2) is 12.4 Å². The maximum Gasteiger partial charge on any atom is 0.405 e. The zero-order chi connectivity index (χ0) is 13.1. The number of hydrogen-bond acceptors (Lipinski definition) is 3. The highest BCUT2D eigenvalue weighted by molar-refractivity contribution is 5.35. The number of aromatic nitrogens is 2. The number of rotatable bonds is 3. The average molecular weight is 247 g/mol. The minimum absolute atomic E-state index is 0.0374. The Morgan fingerprint density at radius 2 is 1.82 bits per heavy atom. The molecule has 0 aromatic carbocycles. The highest BCUT2D eigenvalue weighted by Gasteiger charge is 2.26. The van der Waals surface area contributed by atoms with Gasteiger partial charge in [0.25, 0.3) is 0 Å². The van der Waals surface area contributed by atoms with Gasteiger partial charge < -0.3 is 5.32 Å². The van der Waals surface area contributed by atoms with E-state index in [-0.39, 0.29) is 11.2 Å². The van der Waals surface area contributed by atoms with Crippen molar-refractivity contribution in [2.24, 2.45) is 5.41 Å². The van der Waals surface area contributed by atoms with Crippen LogP contribution >= 0.6 is 0 Å². The van der Waals surface area contributed by atoms with Gasteiger partial charge >= 0.3 is 6.18 Å². The third-order valence-corrected chi connectivity index (χ3v) is 1.91. The molecule has 0 aliphatic heterocycles. The molecule has 0 saturated heterocycles. The van der Waals surface area contributed by atoms with Crippen LogP contribution in [0.25, 0.3) is 0 Å². The summed E-state index contributed by atoms with van der Waals surface area (Å²) in [5, 5.41) is 2.23. The van der Waals surface area contributed by atoms with Gasteiger partial charge in [-0.3, -0.25) is 0 Å². The Balaban J connectivity index is 2.66. The lowest BCUT2D eigenvalue weighted by Crippen LogP contribution is -2.22. The van der Waals surface area contributed by atoms with E-state index in [0.717, 1.165) is 5.69 Å². The quantitative estimate of drug-likeness (QED) is 0.892. The standard InChI is InChI=1S/C11H16F3N3/c1-10(2,3)5-8-4-9(17-7-16-8)15-6-11(12,13)14/h4,7H,5-6H2,1-3H3,(H,15,16,17). The highest BCUT2D eigenvalue weighted by atomic mass is 19.4. The molecule has 0 bridgehead atoms. The SMILES string of the molecule is CC(C)(C)Cc1cc(NCC(F)(F)F)ncn1. The summed E-state index contributed by atoms with van der Waals surface area (Å²) in [5.74, 6) is 0.205. The van der Waals surface area contributed by atoms with Crippen LogP contribution in [0, 0.1) is 5.41 Å². The van der Waals surface area contributed by atoms with Crippen LogP contribution in [0.5, 0.6) is 0 Å². The summed E-state index contributed by atoms with van der Waals surface area (Å²) in [6.45, 7) is 5.03. The van der Waals surface area contributed by atoms with Crippen LogP contribution in [0.4, 0.5) is 19.0 Å². The van der Waals surface area contributed by atoms with Crippen LogP contribution in [0.1, 0.15) is 26.5 Å². The van der Waals surface area contributed by atoms with Crippen molar-refractivity contribution in [3.63, 3.8) is 0 Å². The molecule has 1 rings (SSSR count). The molecule has 17 heavy (non-hydrogen) atoms. The average Bonchev–Trinajstić information content (AvgIpc) is 2.11. The molecule has 3 nitrogen and oxygen atoms in total. The molecule has 0 aliphatic rings. The summed E-state index contributed by atoms with van der Waals surface area (Å²) in [6, 6.07) is 1.55. The molecule has 1 aromatic heterocycles. The molecule has 1 heterocycles. The van der Waals surface area contributed by atoms with E-state index in [2.05, 4.69) is 15.3 Å². The number of nitrogens with zero attached hydrogens (tertiary/aromatic N) is 2. The third kappa shape index (κ3) is 6.09. The molecule has 1 aromatic rings. The summed E-state index contributed by atoms with van der Waals surface area (Å²) < 4.78 is 36.0. The first kappa shape index (κ1) is 13.7. The Hall–Kier alpha value is -1.33. The first-order chi connectivity index (χ1) is 7.66. The molecule has 0 fully saturated rings. The molecule has 96 valence electrons. The van der Waals surface area contributed by atoms with E-state index in [1.54, 1.807) is 6.07 Å². The topological polar surface area (TPSA) is 37.8 Å². The molecule has 0 aliphatic carbocycles. The summed E-state index contributed by atoms with van der Waals surface area (Å²) in [7, 11) is 0. The van der Waals surface area contributed by atoms with Crippen LogP contribution in [0.2, 0.25) is 0 Å². The monoisotopic (exact) mass is 247 g/mol. The lowest BCUT2D eigenvalue weighted by molar-refractivity contribution is -0.115. The molecular formula is C11H16F3N3. The van der Waals surface area contributed by atoms with Crippen LogP contribution in [0.3, 0.4) is 0 Å². The second kappa shape index (κ2) is 4.89. The smallest absolute Gasteiger partial charge is 0.361 e. The van der Waals surface area contributed by atoms with Gasteiger partial charge in [0.15, 0.2) is 0 Å². The van der Waals surface area contributed by atoms with Crippen molar-refractivity contribution in [2.75, 3.05) is 11.9 Å². The van der Waals surface area contributed by atoms with Gasteiger partial charge in [-0.25, -0.2) is 9.97 Å². The maximum atomic E-state index is 12.0. The summed E-state index contributed by atoms with van der Waals surface area (Å²) in [6.07, 6.45) is -2.27. The predicted octanol–water partition coefficient (Wildman–Crippen LogP) is 3.04. The first-order valence-corrected chi connectivity index (χ1v) is 5.27. The van der Waals surface area contributed by atoms with E-state index in [4.69, 9.17) is 0 Å². The van der Waals surface area contributed by atoms with Crippen molar-refractivity contribution in [2.45, 2.75) is 33.4 Å². The fourth-order valence-electron chi connectivity index (χ4n) is 1.33. The molecule has 1 N–H and O–H groups in total. The molecule has 0 spiro atoms. The van der Waals surface area contributed by atoms with E-state index >= 15 is 0 Å². The number of nitrogens with one attached hydrogen (secondary N) is 1. The summed E-state index contributed by atoms with van der Waals surface area (Å²) >= 11 is 0. The Morgan fingerprint density at radius 3 is 2.35 bits per heavy atom. The predicted molar refractivity (Wildman–Crippen MR) is 59.7 cm³/mol. The van der Waals surface area contributed by atoms with E-state index in [0.29, 0.717) is 6.42 Å². The zero-order valence-corrected chi connectivity index (χ0v) is 10.1. The normalized spacial score (nSPS) is 12.6. The Labute approximate surface area is 98.5 Å². The Morgan fingerprint density at radius 1 is 1.18 bits per heavy atom. The maximum absolute atomic E-state index is 12.0. The van der Waals surface area contributed by atoms with Crippen molar-refractivity contribution < 1.29 is 13.2 Å². The molecule has 0 radical (unpaired) electrons. The van der Waals surface area contributed by atoms with Gasteiger partial charge in [0.2, 0.25) is 0 Å². The number of anilines is 1. The van der Waals surface area contributed by atoms with Crippen molar-refractivity contribution >= 4 is 5.82 Å². The van der Waals surface area contributed by atoms with Crippen molar-refractivity contribution in [1.82, 2.24) is 9.97 Å². The van der Waals surface area contributed by atoms with Crippen LogP contribution < -0.4 is 5.32 Å². The fraction of sp³-hybridized carbons (Fsp3) is 0.636. The van der Waals surface area contributed by atoms with E-state index < -0.39 is 12.7 Å². The minimum Gasteiger partial charge on any atom is -0.361 e. The Kier molecular flexibility index (Phi) is 3.95. The highest BCUT2D eigenvalue weighted by Crippen LogP contribution is 2.20. The number of alkyl halides is 3. The molecular weight excluding hydrogens is 231 g/mol. The molecule has 0 amide bonds. The summed E-state index contributed by atoms with van der Waals surface area (Å²) in [5.41, 5.74) is 0.771. The van der Waals surface area contributed by atoms with Crippen molar-refractivity contribution in [3.05, 3.63) is 18.1 Å². The molecule has 0 saturated carbocycles. The third-order valence-electron chi connectivity index (χ3n) is 1.91.